The maximum Gasteiger partial charge on any atom is 0.329 e. The third-order valence-electron chi connectivity index (χ3n) is 6.17. The number of carbonyl (C=O) groups is 2. The molecule has 4 nitrogen and oxygen atoms in total. The van der Waals surface area contributed by atoms with E-state index < -0.39 is 11.5 Å². The van der Waals surface area contributed by atoms with E-state index in [1.165, 1.54) is 25.7 Å². The quantitative estimate of drug-likeness (QED) is 0.847. The fourth-order valence-corrected chi connectivity index (χ4v) is 5.21. The second-order valence-corrected chi connectivity index (χ2v) is 7.37. The molecule has 1 N–H and O–H groups in total. The Morgan fingerprint density at radius 2 is 2.10 bits per heavy atom. The Balaban J connectivity index is 1.69. The van der Waals surface area contributed by atoms with Crippen molar-refractivity contribution in [1.29, 1.82) is 0 Å². The summed E-state index contributed by atoms with van der Waals surface area (Å²) in [7, 11) is 0. The summed E-state index contributed by atoms with van der Waals surface area (Å²) in [5.74, 6) is 1.38. The molecule has 1 saturated heterocycles. The molecule has 1 aliphatic heterocycles. The van der Waals surface area contributed by atoms with Crippen molar-refractivity contribution in [2.75, 3.05) is 6.54 Å². The monoisotopic (exact) mass is 293 g/mol. The Labute approximate surface area is 126 Å². The SMILES string of the molecule is CCCC1(C(=O)O)CCCN1C(=O)CC1CC2CCC1C2. The first-order valence-electron chi connectivity index (χ1n) is 8.60. The van der Waals surface area contributed by atoms with Crippen molar-refractivity contribution >= 4 is 11.9 Å². The van der Waals surface area contributed by atoms with Gasteiger partial charge in [0.05, 0.1) is 0 Å². The number of aliphatic carboxylic acids is 1. The lowest BCUT2D eigenvalue weighted by Crippen LogP contribution is -2.53. The highest BCUT2D eigenvalue weighted by molar-refractivity contribution is 5.88. The lowest BCUT2D eigenvalue weighted by atomic mass is 9.85. The van der Waals surface area contributed by atoms with E-state index in [0.717, 1.165) is 24.7 Å². The molecule has 2 bridgehead atoms. The van der Waals surface area contributed by atoms with Gasteiger partial charge in [-0.15, -0.1) is 0 Å². The molecule has 3 rings (SSSR count). The van der Waals surface area contributed by atoms with E-state index in [0.29, 0.717) is 31.7 Å². The van der Waals surface area contributed by atoms with Gasteiger partial charge >= 0.3 is 5.97 Å². The second-order valence-electron chi connectivity index (χ2n) is 7.37. The summed E-state index contributed by atoms with van der Waals surface area (Å²) in [4.78, 5) is 26.2. The Morgan fingerprint density at radius 3 is 2.67 bits per heavy atom. The van der Waals surface area contributed by atoms with Gasteiger partial charge in [-0.3, -0.25) is 4.79 Å². The van der Waals surface area contributed by atoms with Gasteiger partial charge in [-0.2, -0.15) is 0 Å². The number of hydrogen-bond acceptors (Lipinski definition) is 2. The summed E-state index contributed by atoms with van der Waals surface area (Å²) in [5.41, 5.74) is -0.913. The zero-order chi connectivity index (χ0) is 15.0. The van der Waals surface area contributed by atoms with E-state index in [9.17, 15) is 14.7 Å². The maximum absolute atomic E-state index is 12.7. The second kappa shape index (κ2) is 5.62. The van der Waals surface area contributed by atoms with Gasteiger partial charge < -0.3 is 10.0 Å². The van der Waals surface area contributed by atoms with E-state index in [1.54, 1.807) is 4.90 Å². The molecule has 4 atom stereocenters. The molecule has 0 aromatic carbocycles. The number of rotatable bonds is 5. The van der Waals surface area contributed by atoms with Crippen LogP contribution in [0.1, 0.15) is 64.7 Å². The zero-order valence-corrected chi connectivity index (χ0v) is 13.0. The van der Waals surface area contributed by atoms with Crippen molar-refractivity contribution in [2.24, 2.45) is 17.8 Å². The topological polar surface area (TPSA) is 57.6 Å². The van der Waals surface area contributed by atoms with Gasteiger partial charge in [0.25, 0.3) is 0 Å². The number of nitrogens with zero attached hydrogens (tertiary/aromatic N) is 1. The van der Waals surface area contributed by atoms with Gasteiger partial charge in [-0.1, -0.05) is 19.8 Å². The average Bonchev–Trinajstić information content (AvgIpc) is 3.13. The predicted octanol–water partition coefficient (Wildman–Crippen LogP) is 3.06. The standard InChI is InChI=1S/C17H27NO3/c1-2-6-17(16(20)21)7-3-8-18(17)15(19)11-14-10-12-4-5-13(14)9-12/h12-14H,2-11H2,1H3,(H,20,21). The first-order valence-corrected chi connectivity index (χ1v) is 8.60. The largest absolute Gasteiger partial charge is 0.479 e. The summed E-state index contributed by atoms with van der Waals surface area (Å²) >= 11 is 0. The third kappa shape index (κ3) is 2.47. The number of carboxylic acid groups (broad SMARTS) is 1. The highest BCUT2D eigenvalue weighted by Gasteiger charge is 2.50. The van der Waals surface area contributed by atoms with Crippen LogP contribution < -0.4 is 0 Å². The molecule has 21 heavy (non-hydrogen) atoms. The van der Waals surface area contributed by atoms with E-state index in [2.05, 4.69) is 0 Å². The molecule has 0 aromatic heterocycles. The minimum atomic E-state index is -0.913. The Bertz CT molecular complexity index is 436. The van der Waals surface area contributed by atoms with Crippen LogP contribution in [0.5, 0.6) is 0 Å². The van der Waals surface area contributed by atoms with Gasteiger partial charge in [0, 0.05) is 13.0 Å². The first kappa shape index (κ1) is 14.9. The predicted molar refractivity (Wildman–Crippen MR) is 79.8 cm³/mol. The van der Waals surface area contributed by atoms with Crippen LogP contribution in [0, 0.1) is 17.8 Å². The lowest BCUT2D eigenvalue weighted by molar-refractivity contribution is -0.157. The van der Waals surface area contributed by atoms with Crippen molar-refractivity contribution in [3.63, 3.8) is 0 Å². The molecule has 4 unspecified atom stereocenters. The summed E-state index contributed by atoms with van der Waals surface area (Å²) < 4.78 is 0. The van der Waals surface area contributed by atoms with Gasteiger partial charge in [0.2, 0.25) is 5.91 Å². The van der Waals surface area contributed by atoms with Crippen molar-refractivity contribution in [3.8, 4) is 0 Å². The van der Waals surface area contributed by atoms with Crippen LogP contribution in [-0.4, -0.2) is 34.0 Å². The lowest BCUT2D eigenvalue weighted by Gasteiger charge is -2.36. The van der Waals surface area contributed by atoms with E-state index in [4.69, 9.17) is 0 Å². The molecular formula is C17H27NO3. The smallest absolute Gasteiger partial charge is 0.329 e. The Kier molecular flexibility index (Phi) is 3.98. The molecule has 0 radical (unpaired) electrons. The first-order chi connectivity index (χ1) is 10.1. The van der Waals surface area contributed by atoms with Crippen LogP contribution in [0.4, 0.5) is 0 Å². The highest BCUT2D eigenvalue weighted by atomic mass is 16.4. The van der Waals surface area contributed by atoms with Gasteiger partial charge in [-0.25, -0.2) is 4.79 Å². The minimum absolute atomic E-state index is 0.0981. The minimum Gasteiger partial charge on any atom is -0.479 e. The molecule has 1 heterocycles. The van der Waals surface area contributed by atoms with Crippen LogP contribution in [0.2, 0.25) is 0 Å². The number of amides is 1. The van der Waals surface area contributed by atoms with Crippen molar-refractivity contribution in [3.05, 3.63) is 0 Å². The van der Waals surface area contributed by atoms with Crippen molar-refractivity contribution < 1.29 is 14.7 Å². The van der Waals surface area contributed by atoms with Gasteiger partial charge in [0.15, 0.2) is 0 Å². The number of likely N-dealkylation sites (tertiary alicyclic amines) is 1. The van der Waals surface area contributed by atoms with E-state index in [-0.39, 0.29) is 5.91 Å². The number of hydrogen-bond donors (Lipinski definition) is 1. The van der Waals surface area contributed by atoms with Crippen LogP contribution in [0.25, 0.3) is 0 Å². The highest BCUT2D eigenvalue weighted by Crippen LogP contribution is 2.50. The van der Waals surface area contributed by atoms with E-state index >= 15 is 0 Å². The summed E-state index contributed by atoms with van der Waals surface area (Å²) in [6.07, 6.45) is 8.55. The maximum atomic E-state index is 12.7. The molecule has 2 saturated carbocycles. The molecule has 3 fully saturated rings. The van der Waals surface area contributed by atoms with E-state index in [1.807, 2.05) is 6.92 Å². The van der Waals surface area contributed by atoms with Crippen LogP contribution in [-0.2, 0) is 9.59 Å². The molecule has 3 aliphatic rings. The summed E-state index contributed by atoms with van der Waals surface area (Å²) in [6.45, 7) is 2.63. The molecular weight excluding hydrogens is 266 g/mol. The molecule has 118 valence electrons. The molecule has 1 amide bonds. The number of fused-ring (bicyclic) bond motifs is 2. The normalized spacial score (nSPS) is 38.1. The molecule has 0 spiro atoms. The molecule has 4 heteroatoms. The van der Waals surface area contributed by atoms with Crippen LogP contribution >= 0.6 is 0 Å². The van der Waals surface area contributed by atoms with Crippen molar-refractivity contribution in [2.45, 2.75) is 70.3 Å². The molecule has 2 aliphatic carbocycles. The van der Waals surface area contributed by atoms with Crippen LogP contribution in [0.3, 0.4) is 0 Å². The Hall–Kier alpha value is -1.06. The van der Waals surface area contributed by atoms with Crippen LogP contribution in [0.15, 0.2) is 0 Å². The zero-order valence-electron chi connectivity index (χ0n) is 13.0. The summed E-state index contributed by atoms with van der Waals surface area (Å²) in [6, 6.07) is 0. The fraction of sp³-hybridized carbons (Fsp3) is 0.882. The molecule has 0 aromatic rings. The average molecular weight is 293 g/mol. The number of carbonyl (C=O) groups excluding carboxylic acids is 1. The Morgan fingerprint density at radius 1 is 1.29 bits per heavy atom. The van der Waals surface area contributed by atoms with Crippen molar-refractivity contribution in [1.82, 2.24) is 4.90 Å². The van der Waals surface area contributed by atoms with Gasteiger partial charge in [-0.05, 0) is 56.3 Å². The van der Waals surface area contributed by atoms with Gasteiger partial charge in [0.1, 0.15) is 5.54 Å². The number of carboxylic acids is 1. The third-order valence-corrected chi connectivity index (χ3v) is 6.17. The summed E-state index contributed by atoms with van der Waals surface area (Å²) in [5, 5.41) is 9.69. The fourth-order valence-electron chi connectivity index (χ4n) is 5.21.